The lowest BCUT2D eigenvalue weighted by molar-refractivity contribution is -0.136. The Balaban J connectivity index is 2.10. The summed E-state index contributed by atoms with van der Waals surface area (Å²) in [7, 11) is 0. The summed E-state index contributed by atoms with van der Waals surface area (Å²) in [5.74, 6) is -0.0225. The Bertz CT molecular complexity index is 770. The molecule has 0 aromatic heterocycles. The summed E-state index contributed by atoms with van der Waals surface area (Å²) in [6, 6.07) is 12.0. The van der Waals surface area contributed by atoms with E-state index < -0.39 is 17.6 Å². The third-order valence-corrected chi connectivity index (χ3v) is 3.58. The maximum atomic E-state index is 13.0. The van der Waals surface area contributed by atoms with E-state index in [1.54, 1.807) is 18.2 Å². The molecule has 1 amide bonds. The minimum absolute atomic E-state index is 0.276. The topological polar surface area (TPSA) is 38.3 Å². The second-order valence-electron chi connectivity index (χ2n) is 5.61. The van der Waals surface area contributed by atoms with Gasteiger partial charge in [-0.05, 0) is 30.7 Å². The lowest BCUT2D eigenvalue weighted by Gasteiger charge is -2.12. The minimum atomic E-state index is -4.53. The highest BCUT2D eigenvalue weighted by Gasteiger charge is 2.33. The van der Waals surface area contributed by atoms with E-state index in [2.05, 4.69) is 12.2 Å². The number of carbonyl (C=O) groups excluding carboxylic acids is 1. The van der Waals surface area contributed by atoms with Gasteiger partial charge in [0.1, 0.15) is 5.75 Å². The van der Waals surface area contributed by atoms with Crippen LogP contribution in [-0.4, -0.2) is 12.5 Å². The van der Waals surface area contributed by atoms with Crippen LogP contribution in [0.2, 0.25) is 0 Å². The lowest BCUT2D eigenvalue weighted by Crippen LogP contribution is -2.14. The minimum Gasteiger partial charge on any atom is -0.493 e. The number of benzene rings is 2. The molecule has 0 aliphatic heterocycles. The molecule has 2 aromatic carbocycles. The van der Waals surface area contributed by atoms with E-state index in [4.69, 9.17) is 4.74 Å². The van der Waals surface area contributed by atoms with Crippen molar-refractivity contribution in [1.29, 1.82) is 0 Å². The first-order valence-electron chi connectivity index (χ1n) is 8.29. The third-order valence-electron chi connectivity index (χ3n) is 3.58. The van der Waals surface area contributed by atoms with Crippen molar-refractivity contribution in [2.24, 2.45) is 0 Å². The first-order valence-corrected chi connectivity index (χ1v) is 8.29. The van der Waals surface area contributed by atoms with Crippen LogP contribution in [-0.2, 0) is 11.0 Å². The largest absolute Gasteiger partial charge is 0.493 e. The Morgan fingerprint density at radius 3 is 2.54 bits per heavy atom. The second kappa shape index (κ2) is 9.08. The molecule has 0 unspecified atom stereocenters. The molecule has 1 N–H and O–H groups in total. The molecule has 0 aliphatic rings. The zero-order valence-corrected chi connectivity index (χ0v) is 14.3. The second-order valence-corrected chi connectivity index (χ2v) is 5.61. The molecule has 2 rings (SSSR count). The van der Waals surface area contributed by atoms with Gasteiger partial charge in [-0.3, -0.25) is 4.79 Å². The molecular formula is C20H20F3NO2. The summed E-state index contributed by atoms with van der Waals surface area (Å²) in [4.78, 5) is 12.0. The molecule has 0 saturated heterocycles. The lowest BCUT2D eigenvalue weighted by atomic mass is 10.1. The van der Waals surface area contributed by atoms with Crippen molar-refractivity contribution in [3.63, 3.8) is 0 Å². The molecule has 0 aliphatic carbocycles. The fourth-order valence-electron chi connectivity index (χ4n) is 2.26. The van der Waals surface area contributed by atoms with E-state index in [-0.39, 0.29) is 5.69 Å². The van der Waals surface area contributed by atoms with Gasteiger partial charge in [0.25, 0.3) is 0 Å². The van der Waals surface area contributed by atoms with E-state index in [1.807, 2.05) is 6.07 Å². The average molecular weight is 363 g/mol. The van der Waals surface area contributed by atoms with Crippen LogP contribution in [0.4, 0.5) is 18.9 Å². The van der Waals surface area contributed by atoms with Gasteiger partial charge in [-0.25, -0.2) is 0 Å². The molecule has 0 heterocycles. The molecule has 0 bridgehead atoms. The summed E-state index contributed by atoms with van der Waals surface area (Å²) in [5, 5.41) is 2.27. The van der Waals surface area contributed by atoms with Crippen LogP contribution in [0.5, 0.6) is 5.75 Å². The van der Waals surface area contributed by atoms with Crippen LogP contribution in [0.25, 0.3) is 6.08 Å². The SMILES string of the molecule is CCCCOc1ccccc1/C=C/C(=O)Nc1ccccc1C(F)(F)F. The Morgan fingerprint density at radius 1 is 1.12 bits per heavy atom. The number of hydrogen-bond acceptors (Lipinski definition) is 2. The summed E-state index contributed by atoms with van der Waals surface area (Å²) in [5.41, 5.74) is -0.477. The van der Waals surface area contributed by atoms with Crippen LogP contribution in [0.3, 0.4) is 0 Å². The molecule has 3 nitrogen and oxygen atoms in total. The molecular weight excluding hydrogens is 343 g/mol. The number of alkyl halides is 3. The van der Waals surface area contributed by atoms with Gasteiger partial charge >= 0.3 is 6.18 Å². The number of nitrogens with one attached hydrogen (secondary N) is 1. The molecule has 0 radical (unpaired) electrons. The molecule has 0 saturated carbocycles. The van der Waals surface area contributed by atoms with Crippen molar-refractivity contribution in [2.45, 2.75) is 25.9 Å². The zero-order valence-electron chi connectivity index (χ0n) is 14.3. The van der Waals surface area contributed by atoms with Gasteiger partial charge in [0.05, 0.1) is 17.9 Å². The van der Waals surface area contributed by atoms with E-state index in [0.29, 0.717) is 17.9 Å². The first kappa shape index (κ1) is 19.6. The van der Waals surface area contributed by atoms with Crippen LogP contribution in [0.15, 0.2) is 54.6 Å². The van der Waals surface area contributed by atoms with Crippen molar-refractivity contribution in [3.8, 4) is 5.75 Å². The third kappa shape index (κ3) is 5.65. The van der Waals surface area contributed by atoms with Crippen molar-refractivity contribution >= 4 is 17.7 Å². The molecule has 138 valence electrons. The van der Waals surface area contributed by atoms with Gasteiger partial charge in [0.2, 0.25) is 5.91 Å². The van der Waals surface area contributed by atoms with E-state index in [0.717, 1.165) is 18.9 Å². The normalized spacial score (nSPS) is 11.5. The highest BCUT2D eigenvalue weighted by molar-refractivity contribution is 6.02. The Kier molecular flexibility index (Phi) is 6.83. The van der Waals surface area contributed by atoms with Crippen molar-refractivity contribution < 1.29 is 22.7 Å². The van der Waals surface area contributed by atoms with Gasteiger partial charge in [0.15, 0.2) is 0 Å². The number of rotatable bonds is 7. The number of carbonyl (C=O) groups is 1. The van der Waals surface area contributed by atoms with Gasteiger partial charge in [0, 0.05) is 11.6 Å². The standard InChI is InChI=1S/C20H20F3NO2/c1-2-3-14-26-18-11-7-4-8-15(18)12-13-19(25)24-17-10-6-5-9-16(17)20(21,22)23/h4-13H,2-3,14H2,1H3,(H,24,25)/b13-12+. The molecule has 26 heavy (non-hydrogen) atoms. The Labute approximate surface area is 150 Å². The molecule has 2 aromatic rings. The predicted octanol–water partition coefficient (Wildman–Crippen LogP) is 5.54. The number of halogens is 3. The predicted molar refractivity (Wildman–Crippen MR) is 96.0 cm³/mol. The monoisotopic (exact) mass is 363 g/mol. The highest BCUT2D eigenvalue weighted by Crippen LogP contribution is 2.34. The van der Waals surface area contributed by atoms with Crippen LogP contribution in [0, 0.1) is 0 Å². The summed E-state index contributed by atoms with van der Waals surface area (Å²) < 4.78 is 44.6. The first-order chi connectivity index (χ1) is 12.4. The van der Waals surface area contributed by atoms with E-state index in [1.165, 1.54) is 30.4 Å². The average Bonchev–Trinajstić information content (AvgIpc) is 2.60. The summed E-state index contributed by atoms with van der Waals surface area (Å²) in [6.07, 6.45) is 0.0844. The van der Waals surface area contributed by atoms with E-state index >= 15 is 0 Å². The number of ether oxygens (including phenoxy) is 1. The van der Waals surface area contributed by atoms with Crippen LogP contribution >= 0.6 is 0 Å². The van der Waals surface area contributed by atoms with Crippen molar-refractivity contribution in [2.75, 3.05) is 11.9 Å². The van der Waals surface area contributed by atoms with Gasteiger partial charge in [-0.15, -0.1) is 0 Å². The number of para-hydroxylation sites is 2. The zero-order chi connectivity index (χ0) is 19.0. The van der Waals surface area contributed by atoms with Gasteiger partial charge in [-0.1, -0.05) is 43.7 Å². The van der Waals surface area contributed by atoms with Crippen LogP contribution < -0.4 is 10.1 Å². The smallest absolute Gasteiger partial charge is 0.418 e. The molecule has 0 atom stereocenters. The Morgan fingerprint density at radius 2 is 1.81 bits per heavy atom. The quantitative estimate of drug-likeness (QED) is 0.518. The molecule has 0 fully saturated rings. The fourth-order valence-corrected chi connectivity index (χ4v) is 2.26. The van der Waals surface area contributed by atoms with E-state index in [9.17, 15) is 18.0 Å². The maximum absolute atomic E-state index is 13.0. The Hall–Kier alpha value is -2.76. The summed E-state index contributed by atoms with van der Waals surface area (Å²) >= 11 is 0. The van der Waals surface area contributed by atoms with Crippen LogP contribution in [0.1, 0.15) is 30.9 Å². The van der Waals surface area contributed by atoms with Crippen molar-refractivity contribution in [3.05, 3.63) is 65.7 Å². The molecule has 6 heteroatoms. The number of unbranched alkanes of at least 4 members (excludes halogenated alkanes) is 1. The molecule has 0 spiro atoms. The van der Waals surface area contributed by atoms with Gasteiger partial charge < -0.3 is 10.1 Å². The van der Waals surface area contributed by atoms with Crippen molar-refractivity contribution in [1.82, 2.24) is 0 Å². The number of anilines is 1. The fraction of sp³-hybridized carbons (Fsp3) is 0.250. The highest BCUT2D eigenvalue weighted by atomic mass is 19.4. The number of amides is 1. The van der Waals surface area contributed by atoms with Gasteiger partial charge in [-0.2, -0.15) is 13.2 Å². The summed E-state index contributed by atoms with van der Waals surface area (Å²) in [6.45, 7) is 2.62. The maximum Gasteiger partial charge on any atom is 0.418 e. The number of hydrogen-bond donors (Lipinski definition) is 1.